The lowest BCUT2D eigenvalue weighted by molar-refractivity contribution is 0.0518. The maximum Gasteiger partial charge on any atom is 0.251 e. The Bertz CT molecular complexity index is 421. The van der Waals surface area contributed by atoms with E-state index in [-0.39, 0.29) is 23.0 Å². The zero-order valence-corrected chi connectivity index (χ0v) is 10.5. The summed E-state index contributed by atoms with van der Waals surface area (Å²) in [5.41, 5.74) is -0.678. The molecule has 0 aliphatic carbocycles. The number of carbonyl (C=O) groups is 1. The fraction of sp³-hybridized carbons (Fsp3) is 0.417. The van der Waals surface area contributed by atoms with Crippen molar-refractivity contribution in [3.63, 3.8) is 0 Å². The van der Waals surface area contributed by atoms with E-state index >= 15 is 0 Å². The Morgan fingerprint density at radius 2 is 2.24 bits per heavy atom. The number of benzene rings is 1. The van der Waals surface area contributed by atoms with Gasteiger partial charge in [0.2, 0.25) is 0 Å². The van der Waals surface area contributed by atoms with Gasteiger partial charge in [-0.15, -0.1) is 0 Å². The van der Waals surface area contributed by atoms with Crippen molar-refractivity contribution in [2.75, 3.05) is 6.54 Å². The Kier molecular flexibility index (Phi) is 4.48. The van der Waals surface area contributed by atoms with Crippen LogP contribution in [0.3, 0.4) is 0 Å². The smallest absolute Gasteiger partial charge is 0.251 e. The van der Waals surface area contributed by atoms with Crippen molar-refractivity contribution in [2.24, 2.45) is 0 Å². The van der Waals surface area contributed by atoms with Gasteiger partial charge in [0.15, 0.2) is 0 Å². The number of nitrogens with one attached hydrogen (secondary N) is 1. The highest BCUT2D eigenvalue weighted by Gasteiger charge is 2.19. The van der Waals surface area contributed by atoms with Gasteiger partial charge >= 0.3 is 0 Å². The summed E-state index contributed by atoms with van der Waals surface area (Å²) >= 11 is 5.57. The zero-order chi connectivity index (χ0) is 13.1. The summed E-state index contributed by atoms with van der Waals surface area (Å²) in [4.78, 5) is 11.7. The van der Waals surface area contributed by atoms with E-state index in [1.807, 2.05) is 6.92 Å². The third kappa shape index (κ3) is 3.98. The first-order valence-electron chi connectivity index (χ1n) is 5.31. The summed E-state index contributed by atoms with van der Waals surface area (Å²) < 4.78 is 12.9. The Morgan fingerprint density at radius 3 is 2.76 bits per heavy atom. The molecule has 1 aromatic rings. The maximum absolute atomic E-state index is 12.9. The van der Waals surface area contributed by atoms with Crippen LogP contribution in [0.2, 0.25) is 5.02 Å². The normalized spacial score (nSPS) is 14.2. The largest absolute Gasteiger partial charge is 0.388 e. The molecule has 1 atom stereocenters. The molecule has 17 heavy (non-hydrogen) atoms. The van der Waals surface area contributed by atoms with Crippen molar-refractivity contribution in [1.29, 1.82) is 0 Å². The fourth-order valence-corrected chi connectivity index (χ4v) is 1.32. The average Bonchev–Trinajstić information content (AvgIpc) is 2.30. The van der Waals surface area contributed by atoms with Crippen molar-refractivity contribution in [1.82, 2.24) is 5.32 Å². The Balaban J connectivity index is 2.68. The van der Waals surface area contributed by atoms with Crippen LogP contribution in [0.1, 0.15) is 30.6 Å². The summed E-state index contributed by atoms with van der Waals surface area (Å²) in [6.45, 7) is 3.59. The number of hydrogen-bond donors (Lipinski definition) is 2. The van der Waals surface area contributed by atoms with Crippen molar-refractivity contribution in [3.8, 4) is 0 Å². The maximum atomic E-state index is 12.9. The lowest BCUT2D eigenvalue weighted by atomic mass is 10.0. The molecule has 3 nitrogen and oxygen atoms in total. The van der Waals surface area contributed by atoms with E-state index in [4.69, 9.17) is 11.6 Å². The standard InChI is InChI=1S/C12H15ClFNO2/c1-3-12(2,17)7-15-11(16)8-4-5-10(14)9(13)6-8/h4-6,17H,3,7H2,1-2H3,(H,15,16). The molecule has 0 fully saturated rings. The second kappa shape index (κ2) is 5.47. The molecule has 94 valence electrons. The first-order chi connectivity index (χ1) is 7.85. The van der Waals surface area contributed by atoms with Crippen LogP contribution >= 0.6 is 11.6 Å². The zero-order valence-electron chi connectivity index (χ0n) is 9.76. The lowest BCUT2D eigenvalue weighted by Gasteiger charge is -2.21. The molecule has 0 aromatic heterocycles. The number of aliphatic hydroxyl groups is 1. The van der Waals surface area contributed by atoms with Gasteiger partial charge in [0.05, 0.1) is 10.6 Å². The number of amides is 1. The second-order valence-electron chi connectivity index (χ2n) is 4.16. The number of hydrogen-bond acceptors (Lipinski definition) is 2. The van der Waals surface area contributed by atoms with Crippen LogP contribution < -0.4 is 5.32 Å². The topological polar surface area (TPSA) is 49.3 Å². The molecule has 0 spiro atoms. The van der Waals surface area contributed by atoms with Crippen LogP contribution in [0.5, 0.6) is 0 Å². The highest BCUT2D eigenvalue weighted by molar-refractivity contribution is 6.31. The monoisotopic (exact) mass is 259 g/mol. The first-order valence-corrected chi connectivity index (χ1v) is 5.69. The molecule has 0 radical (unpaired) electrons. The van der Waals surface area contributed by atoms with Gasteiger partial charge in [-0.2, -0.15) is 0 Å². The third-order valence-corrected chi connectivity index (χ3v) is 2.86. The lowest BCUT2D eigenvalue weighted by Crippen LogP contribution is -2.40. The Labute approximate surface area is 105 Å². The van der Waals surface area contributed by atoms with Gasteiger partial charge in [-0.25, -0.2) is 4.39 Å². The second-order valence-corrected chi connectivity index (χ2v) is 4.57. The summed E-state index contributed by atoms with van der Waals surface area (Å²) in [6, 6.07) is 3.74. The highest BCUT2D eigenvalue weighted by Crippen LogP contribution is 2.16. The minimum Gasteiger partial charge on any atom is -0.388 e. The molecule has 1 aromatic carbocycles. The summed E-state index contributed by atoms with van der Waals surface area (Å²) in [5.74, 6) is -0.954. The molecule has 0 aliphatic heterocycles. The molecule has 0 heterocycles. The third-order valence-electron chi connectivity index (χ3n) is 2.57. The molecule has 1 unspecified atom stereocenters. The van der Waals surface area contributed by atoms with Crippen molar-refractivity contribution in [3.05, 3.63) is 34.6 Å². The predicted molar refractivity (Wildman–Crippen MR) is 64.7 cm³/mol. The fourth-order valence-electron chi connectivity index (χ4n) is 1.14. The molecule has 0 saturated heterocycles. The van der Waals surface area contributed by atoms with Crippen molar-refractivity contribution >= 4 is 17.5 Å². The number of halogens is 2. The number of carbonyl (C=O) groups excluding carboxylic acids is 1. The van der Waals surface area contributed by atoms with E-state index < -0.39 is 11.4 Å². The van der Waals surface area contributed by atoms with Gasteiger partial charge in [0.1, 0.15) is 5.82 Å². The minimum atomic E-state index is -0.945. The average molecular weight is 260 g/mol. The van der Waals surface area contributed by atoms with Gasteiger partial charge < -0.3 is 10.4 Å². The summed E-state index contributed by atoms with van der Waals surface area (Å²) in [5, 5.41) is 12.2. The van der Waals surface area contributed by atoms with Crippen LogP contribution in [0, 0.1) is 5.82 Å². The van der Waals surface area contributed by atoms with Gasteiger partial charge in [0, 0.05) is 12.1 Å². The highest BCUT2D eigenvalue weighted by atomic mass is 35.5. The van der Waals surface area contributed by atoms with Crippen LogP contribution in [-0.4, -0.2) is 23.2 Å². The van der Waals surface area contributed by atoms with Crippen LogP contribution in [0.25, 0.3) is 0 Å². The van der Waals surface area contributed by atoms with E-state index in [9.17, 15) is 14.3 Å². The molecule has 0 aliphatic rings. The van der Waals surface area contributed by atoms with E-state index in [0.717, 1.165) is 6.07 Å². The predicted octanol–water partition coefficient (Wildman–Crippen LogP) is 2.37. The van der Waals surface area contributed by atoms with E-state index in [0.29, 0.717) is 6.42 Å². The van der Waals surface area contributed by atoms with Crippen molar-refractivity contribution < 1.29 is 14.3 Å². The van der Waals surface area contributed by atoms with Crippen LogP contribution in [0.4, 0.5) is 4.39 Å². The van der Waals surface area contributed by atoms with Crippen LogP contribution in [-0.2, 0) is 0 Å². The molecule has 1 rings (SSSR count). The SMILES string of the molecule is CCC(C)(O)CNC(=O)c1ccc(F)c(Cl)c1. The van der Waals surface area contributed by atoms with E-state index in [2.05, 4.69) is 5.32 Å². The van der Waals surface area contributed by atoms with Gasteiger partial charge in [-0.3, -0.25) is 4.79 Å². The molecule has 0 bridgehead atoms. The Hall–Kier alpha value is -1.13. The molecular formula is C12H15ClFNO2. The Morgan fingerprint density at radius 1 is 1.59 bits per heavy atom. The number of rotatable bonds is 4. The van der Waals surface area contributed by atoms with Crippen molar-refractivity contribution in [2.45, 2.75) is 25.9 Å². The quantitative estimate of drug-likeness (QED) is 0.872. The van der Waals surface area contributed by atoms with Crippen LogP contribution in [0.15, 0.2) is 18.2 Å². The molecule has 5 heteroatoms. The van der Waals surface area contributed by atoms with Gasteiger partial charge in [-0.05, 0) is 31.5 Å². The molecule has 0 saturated carbocycles. The molecule has 1 amide bonds. The van der Waals surface area contributed by atoms with E-state index in [1.165, 1.54) is 12.1 Å². The summed E-state index contributed by atoms with van der Waals surface area (Å²) in [7, 11) is 0. The summed E-state index contributed by atoms with van der Waals surface area (Å²) in [6.07, 6.45) is 0.525. The van der Waals surface area contributed by atoms with E-state index in [1.54, 1.807) is 6.92 Å². The molecule has 2 N–H and O–H groups in total. The van der Waals surface area contributed by atoms with Gasteiger partial charge in [0.25, 0.3) is 5.91 Å². The molecular weight excluding hydrogens is 245 g/mol. The first kappa shape index (κ1) is 13.9. The minimum absolute atomic E-state index is 0.0973. The van der Waals surface area contributed by atoms with Gasteiger partial charge in [-0.1, -0.05) is 18.5 Å².